The molecule has 1 aromatic rings. The molecule has 0 bridgehead atoms. The van der Waals surface area contributed by atoms with Gasteiger partial charge in [-0.1, -0.05) is 0 Å². The Kier molecular flexibility index (Phi) is 4.21. The molecule has 0 fully saturated rings. The summed E-state index contributed by atoms with van der Waals surface area (Å²) >= 11 is 1.67. The number of thiazole rings is 1. The average molecular weight is 186 g/mol. The molecule has 1 N–H and O–H groups in total. The maximum atomic E-state index is 4.93. The lowest BCUT2D eigenvalue weighted by Crippen LogP contribution is -2.22. The van der Waals surface area contributed by atoms with Gasteiger partial charge in [0.2, 0.25) is 0 Å². The predicted molar refractivity (Wildman–Crippen MR) is 50.4 cm³/mol. The van der Waals surface area contributed by atoms with E-state index in [1.54, 1.807) is 18.4 Å². The van der Waals surface area contributed by atoms with Gasteiger partial charge in [0.05, 0.1) is 12.1 Å². The summed E-state index contributed by atoms with van der Waals surface area (Å²) in [7, 11) is 1.71. The van der Waals surface area contributed by atoms with Crippen molar-refractivity contribution in [2.45, 2.75) is 13.0 Å². The predicted octanol–water partition coefficient (Wildman–Crippen LogP) is 1.44. The minimum atomic E-state index is 0.382. The lowest BCUT2D eigenvalue weighted by atomic mass is 10.3. The zero-order valence-electron chi connectivity index (χ0n) is 7.41. The van der Waals surface area contributed by atoms with Crippen LogP contribution in [-0.2, 0) is 4.74 Å². The Morgan fingerprint density at radius 3 is 3.17 bits per heavy atom. The van der Waals surface area contributed by atoms with Crippen molar-refractivity contribution in [2.75, 3.05) is 20.3 Å². The maximum absolute atomic E-state index is 4.93. The normalized spacial score (nSPS) is 13.2. The van der Waals surface area contributed by atoms with Crippen molar-refractivity contribution in [3.05, 3.63) is 16.6 Å². The van der Waals surface area contributed by atoms with Crippen LogP contribution in [0.1, 0.15) is 17.8 Å². The number of rotatable bonds is 5. The zero-order valence-corrected chi connectivity index (χ0v) is 8.23. The maximum Gasteiger partial charge on any atom is 0.0794 e. The van der Waals surface area contributed by atoms with Gasteiger partial charge >= 0.3 is 0 Å². The molecule has 0 radical (unpaired) electrons. The molecule has 68 valence electrons. The number of ether oxygens (including phenoxy) is 1. The van der Waals surface area contributed by atoms with Gasteiger partial charge in [0.1, 0.15) is 0 Å². The van der Waals surface area contributed by atoms with Gasteiger partial charge in [-0.15, -0.1) is 11.3 Å². The van der Waals surface area contributed by atoms with Gasteiger partial charge in [-0.05, 0) is 6.92 Å². The lowest BCUT2D eigenvalue weighted by molar-refractivity contribution is 0.196. The molecular weight excluding hydrogens is 172 g/mol. The minimum absolute atomic E-state index is 0.382. The van der Waals surface area contributed by atoms with Gasteiger partial charge in [-0.3, -0.25) is 4.98 Å². The van der Waals surface area contributed by atoms with Crippen LogP contribution in [0, 0.1) is 0 Å². The third-order valence-corrected chi connectivity index (χ3v) is 2.59. The van der Waals surface area contributed by atoms with Crippen LogP contribution in [0.15, 0.2) is 11.7 Å². The molecule has 0 saturated heterocycles. The second-order valence-electron chi connectivity index (χ2n) is 2.57. The summed E-state index contributed by atoms with van der Waals surface area (Å²) < 4.78 is 4.93. The van der Waals surface area contributed by atoms with E-state index in [9.17, 15) is 0 Å². The van der Waals surface area contributed by atoms with E-state index in [0.717, 1.165) is 13.2 Å². The van der Waals surface area contributed by atoms with E-state index >= 15 is 0 Å². The first kappa shape index (κ1) is 9.64. The van der Waals surface area contributed by atoms with Crippen molar-refractivity contribution in [1.29, 1.82) is 0 Å². The summed E-state index contributed by atoms with van der Waals surface area (Å²) in [5.41, 5.74) is 1.85. The van der Waals surface area contributed by atoms with Gasteiger partial charge in [-0.2, -0.15) is 0 Å². The van der Waals surface area contributed by atoms with Gasteiger partial charge in [0.15, 0.2) is 0 Å². The zero-order chi connectivity index (χ0) is 8.81. The number of nitrogens with zero attached hydrogens (tertiary/aromatic N) is 1. The van der Waals surface area contributed by atoms with Crippen molar-refractivity contribution in [3.63, 3.8) is 0 Å². The van der Waals surface area contributed by atoms with E-state index < -0.39 is 0 Å². The average Bonchev–Trinajstić information content (AvgIpc) is 2.56. The molecule has 1 aromatic heterocycles. The summed E-state index contributed by atoms with van der Waals surface area (Å²) in [6, 6.07) is 0.382. The second-order valence-corrected chi connectivity index (χ2v) is 3.49. The van der Waals surface area contributed by atoms with E-state index in [1.165, 1.54) is 4.88 Å². The number of methoxy groups -OCH3 is 1. The highest BCUT2D eigenvalue weighted by molar-refractivity contribution is 7.09. The Morgan fingerprint density at radius 1 is 1.75 bits per heavy atom. The van der Waals surface area contributed by atoms with Gasteiger partial charge in [0, 0.05) is 30.8 Å². The highest BCUT2D eigenvalue weighted by Crippen LogP contribution is 2.15. The molecule has 1 rings (SSSR count). The minimum Gasteiger partial charge on any atom is -0.383 e. The molecule has 1 heterocycles. The highest BCUT2D eigenvalue weighted by Gasteiger charge is 2.04. The smallest absolute Gasteiger partial charge is 0.0794 e. The molecule has 0 aliphatic rings. The number of hydrogen-bond acceptors (Lipinski definition) is 4. The topological polar surface area (TPSA) is 34.1 Å². The molecule has 0 aliphatic heterocycles. The first-order valence-corrected chi connectivity index (χ1v) is 4.83. The fourth-order valence-electron chi connectivity index (χ4n) is 0.918. The van der Waals surface area contributed by atoms with Gasteiger partial charge in [-0.25, -0.2) is 0 Å². The number of hydrogen-bond donors (Lipinski definition) is 1. The van der Waals surface area contributed by atoms with E-state index in [1.807, 2.05) is 11.7 Å². The first-order valence-electron chi connectivity index (χ1n) is 3.95. The van der Waals surface area contributed by atoms with Crippen LogP contribution in [0.25, 0.3) is 0 Å². The van der Waals surface area contributed by atoms with Crippen LogP contribution in [0.3, 0.4) is 0 Å². The van der Waals surface area contributed by atoms with Crippen LogP contribution in [-0.4, -0.2) is 25.2 Å². The van der Waals surface area contributed by atoms with Crippen LogP contribution >= 0.6 is 11.3 Å². The largest absolute Gasteiger partial charge is 0.383 e. The molecule has 0 saturated carbocycles. The summed E-state index contributed by atoms with van der Waals surface area (Å²) in [5.74, 6) is 0. The molecule has 0 aromatic carbocycles. The number of aromatic nitrogens is 1. The highest BCUT2D eigenvalue weighted by atomic mass is 32.1. The van der Waals surface area contributed by atoms with Crippen molar-refractivity contribution in [2.24, 2.45) is 0 Å². The number of nitrogens with one attached hydrogen (secondary N) is 1. The molecule has 3 nitrogen and oxygen atoms in total. The molecule has 1 atom stereocenters. The molecule has 12 heavy (non-hydrogen) atoms. The van der Waals surface area contributed by atoms with Crippen molar-refractivity contribution >= 4 is 11.3 Å². The summed E-state index contributed by atoms with van der Waals surface area (Å²) in [5, 5.41) is 3.33. The quantitative estimate of drug-likeness (QED) is 0.707. The first-order chi connectivity index (χ1) is 5.84. The van der Waals surface area contributed by atoms with Crippen molar-refractivity contribution < 1.29 is 4.74 Å². The SMILES string of the molecule is COCCNC(C)c1cncs1. The van der Waals surface area contributed by atoms with Gasteiger partial charge in [0.25, 0.3) is 0 Å². The van der Waals surface area contributed by atoms with Gasteiger partial charge < -0.3 is 10.1 Å². The van der Waals surface area contributed by atoms with E-state index in [4.69, 9.17) is 4.74 Å². The van der Waals surface area contributed by atoms with E-state index in [0.29, 0.717) is 6.04 Å². The van der Waals surface area contributed by atoms with Crippen LogP contribution < -0.4 is 5.32 Å². The van der Waals surface area contributed by atoms with E-state index in [2.05, 4.69) is 17.2 Å². The molecule has 0 amide bonds. The molecule has 0 aliphatic carbocycles. The van der Waals surface area contributed by atoms with Crippen LogP contribution in [0.4, 0.5) is 0 Å². The Bertz CT molecular complexity index is 201. The molecule has 0 spiro atoms. The Morgan fingerprint density at radius 2 is 2.58 bits per heavy atom. The monoisotopic (exact) mass is 186 g/mol. The Labute approximate surface area is 76.8 Å². The summed E-state index contributed by atoms with van der Waals surface area (Å²) in [6.45, 7) is 3.77. The molecule has 4 heteroatoms. The molecular formula is C8H14N2OS. The van der Waals surface area contributed by atoms with Crippen LogP contribution in [0.2, 0.25) is 0 Å². The standard InChI is InChI=1S/C8H14N2OS/c1-7(10-3-4-11-2)8-5-9-6-12-8/h5-7,10H,3-4H2,1-2H3. The van der Waals surface area contributed by atoms with Crippen molar-refractivity contribution in [1.82, 2.24) is 10.3 Å². The second kappa shape index (κ2) is 5.24. The van der Waals surface area contributed by atoms with E-state index in [-0.39, 0.29) is 0 Å². The fraction of sp³-hybridized carbons (Fsp3) is 0.625. The molecule has 1 unspecified atom stereocenters. The Balaban J connectivity index is 2.25. The lowest BCUT2D eigenvalue weighted by Gasteiger charge is -2.10. The summed E-state index contributed by atoms with van der Waals surface area (Å²) in [6.07, 6.45) is 1.90. The fourth-order valence-corrected chi connectivity index (χ4v) is 1.57. The van der Waals surface area contributed by atoms with Crippen LogP contribution in [0.5, 0.6) is 0 Å². The van der Waals surface area contributed by atoms with Crippen molar-refractivity contribution in [3.8, 4) is 0 Å². The summed E-state index contributed by atoms with van der Waals surface area (Å²) in [4.78, 5) is 5.29. The third-order valence-electron chi connectivity index (χ3n) is 1.63. The Hall–Kier alpha value is -0.450. The third kappa shape index (κ3) is 2.89.